The van der Waals surface area contributed by atoms with Crippen molar-refractivity contribution in [2.24, 2.45) is 0 Å². The Labute approximate surface area is 192 Å². The second-order valence-corrected chi connectivity index (χ2v) is 10.3. The van der Waals surface area contributed by atoms with Crippen molar-refractivity contribution in [1.29, 1.82) is 0 Å². The second-order valence-electron chi connectivity index (χ2n) is 8.34. The number of carbonyl (C=O) groups is 1. The second kappa shape index (κ2) is 9.70. The Morgan fingerprint density at radius 3 is 2.39 bits per heavy atom. The number of benzene rings is 2. The summed E-state index contributed by atoms with van der Waals surface area (Å²) in [5.41, 5.74) is 0.634. The molecule has 0 bridgehead atoms. The first-order chi connectivity index (χ1) is 15.4. The third-order valence-corrected chi connectivity index (χ3v) is 7.14. The van der Waals surface area contributed by atoms with Gasteiger partial charge >= 0.3 is 6.03 Å². The lowest BCUT2D eigenvalue weighted by Crippen LogP contribution is -2.53. The summed E-state index contributed by atoms with van der Waals surface area (Å²) in [5.74, 6) is -1.16. The number of nitrogens with zero attached hydrogens (tertiary/aromatic N) is 3. The molecule has 1 aliphatic rings. The molecule has 180 valence electrons. The van der Waals surface area contributed by atoms with Crippen molar-refractivity contribution in [1.82, 2.24) is 18.8 Å². The Hall–Kier alpha value is -2.63. The van der Waals surface area contributed by atoms with Crippen molar-refractivity contribution in [2.45, 2.75) is 24.7 Å². The summed E-state index contributed by atoms with van der Waals surface area (Å²) in [6, 6.07) is 7.25. The van der Waals surface area contributed by atoms with E-state index in [4.69, 9.17) is 0 Å². The normalized spacial score (nSPS) is 21.0. The Kier molecular flexibility index (Phi) is 7.35. The molecule has 3 atom stereocenters. The molecular weight excluding hydrogens is 457 g/mol. The third kappa shape index (κ3) is 5.31. The maximum Gasteiger partial charge on any atom is 0.319 e. The number of carbonyl (C=O) groups excluding carboxylic acids is 1. The Morgan fingerprint density at radius 2 is 1.79 bits per heavy atom. The number of nitrogens with one attached hydrogen (secondary N) is 1. The van der Waals surface area contributed by atoms with E-state index in [9.17, 15) is 17.6 Å². The number of urea groups is 1. The van der Waals surface area contributed by atoms with E-state index in [2.05, 4.69) is 4.72 Å². The van der Waals surface area contributed by atoms with Crippen LogP contribution in [0.25, 0.3) is 11.1 Å². The van der Waals surface area contributed by atoms with E-state index in [1.165, 1.54) is 68.3 Å². The molecule has 1 saturated heterocycles. The molecule has 0 radical (unpaired) electrons. The minimum absolute atomic E-state index is 0.143. The largest absolute Gasteiger partial charge is 0.331 e. The molecule has 0 aromatic heterocycles. The SMILES string of the molecule is CN(C)C(=O)N1C[C@H](F)[C@H](NS(=O)(=O)N(C)C)[C@@H]1Cc1cccc(-c2cccc(F)c2)c1F. The van der Waals surface area contributed by atoms with Crippen LogP contribution in [0.4, 0.5) is 18.0 Å². The van der Waals surface area contributed by atoms with Crippen molar-refractivity contribution in [3.05, 3.63) is 59.7 Å². The Morgan fingerprint density at radius 1 is 1.12 bits per heavy atom. The highest BCUT2D eigenvalue weighted by atomic mass is 32.2. The van der Waals surface area contributed by atoms with E-state index >= 15 is 8.78 Å². The van der Waals surface area contributed by atoms with Crippen LogP contribution in [0.15, 0.2) is 42.5 Å². The fourth-order valence-electron chi connectivity index (χ4n) is 3.86. The lowest BCUT2D eigenvalue weighted by molar-refractivity contribution is 0.161. The van der Waals surface area contributed by atoms with Gasteiger partial charge in [0.2, 0.25) is 0 Å². The van der Waals surface area contributed by atoms with E-state index in [1.54, 1.807) is 12.1 Å². The lowest BCUT2D eigenvalue weighted by atomic mass is 9.95. The first-order valence-corrected chi connectivity index (χ1v) is 11.7. The fraction of sp³-hybridized carbons (Fsp3) is 0.409. The van der Waals surface area contributed by atoms with Gasteiger partial charge in [0.25, 0.3) is 10.2 Å². The van der Waals surface area contributed by atoms with Gasteiger partial charge in [-0.2, -0.15) is 17.4 Å². The van der Waals surface area contributed by atoms with E-state index in [0.29, 0.717) is 5.56 Å². The summed E-state index contributed by atoms with van der Waals surface area (Å²) in [6.45, 7) is -0.340. The lowest BCUT2D eigenvalue weighted by Gasteiger charge is -2.31. The smallest absolute Gasteiger partial charge is 0.319 e. The number of rotatable bonds is 6. The molecule has 7 nitrogen and oxygen atoms in total. The van der Waals surface area contributed by atoms with Crippen LogP contribution in [0.3, 0.4) is 0 Å². The maximum absolute atomic E-state index is 15.4. The number of alkyl halides is 1. The average molecular weight is 485 g/mol. The van der Waals surface area contributed by atoms with Crippen LogP contribution in [0.1, 0.15) is 5.56 Å². The monoisotopic (exact) mass is 484 g/mol. The maximum atomic E-state index is 15.4. The average Bonchev–Trinajstić information content (AvgIpc) is 3.03. The predicted octanol–water partition coefficient (Wildman–Crippen LogP) is 2.64. The molecule has 11 heteroatoms. The molecule has 0 spiro atoms. The molecule has 1 aliphatic heterocycles. The van der Waals surface area contributed by atoms with Gasteiger partial charge in [-0.3, -0.25) is 0 Å². The van der Waals surface area contributed by atoms with Crippen molar-refractivity contribution >= 4 is 16.2 Å². The van der Waals surface area contributed by atoms with Crippen LogP contribution < -0.4 is 4.72 Å². The van der Waals surface area contributed by atoms with Gasteiger partial charge in [-0.15, -0.1) is 0 Å². The number of likely N-dealkylation sites (tertiary alicyclic amines) is 1. The minimum atomic E-state index is -4.02. The Balaban J connectivity index is 2.01. The zero-order valence-electron chi connectivity index (χ0n) is 18.8. The number of halogens is 3. The van der Waals surface area contributed by atoms with Crippen molar-refractivity contribution in [3.63, 3.8) is 0 Å². The van der Waals surface area contributed by atoms with Crippen molar-refractivity contribution < 1.29 is 26.4 Å². The Bertz CT molecular complexity index is 1130. The zero-order valence-corrected chi connectivity index (χ0v) is 19.6. The summed E-state index contributed by atoms with van der Waals surface area (Å²) < 4.78 is 72.1. The summed E-state index contributed by atoms with van der Waals surface area (Å²) in [4.78, 5) is 15.2. The highest BCUT2D eigenvalue weighted by Crippen LogP contribution is 2.30. The molecule has 33 heavy (non-hydrogen) atoms. The standard InChI is InChI=1S/C22H27F3N4O3S/c1-27(2)22(30)29-13-18(24)21(26-33(31,32)28(3)4)19(29)12-15-8-6-10-17(20(15)25)14-7-5-9-16(23)11-14/h5-11,18-19,21,26H,12-13H2,1-4H3/t18-,19-,21-/m0/s1. The van der Waals surface area contributed by atoms with Gasteiger partial charge in [-0.1, -0.05) is 30.3 Å². The van der Waals surface area contributed by atoms with Crippen LogP contribution >= 0.6 is 0 Å². The quantitative estimate of drug-likeness (QED) is 0.685. The number of hydrogen-bond acceptors (Lipinski definition) is 3. The van der Waals surface area contributed by atoms with E-state index in [0.717, 1.165) is 4.31 Å². The molecular formula is C22H27F3N4O3S. The topological polar surface area (TPSA) is 73.0 Å². The van der Waals surface area contributed by atoms with Gasteiger partial charge in [0.05, 0.1) is 18.6 Å². The molecule has 1 heterocycles. The van der Waals surface area contributed by atoms with Gasteiger partial charge < -0.3 is 9.80 Å². The molecule has 0 saturated carbocycles. The van der Waals surface area contributed by atoms with Crippen LogP contribution in [-0.4, -0.2) is 81.5 Å². The molecule has 2 amide bonds. The zero-order chi connectivity index (χ0) is 24.5. The van der Waals surface area contributed by atoms with Crippen LogP contribution in [0, 0.1) is 11.6 Å². The van der Waals surface area contributed by atoms with Gasteiger partial charge in [0.15, 0.2) is 0 Å². The van der Waals surface area contributed by atoms with E-state index in [1.807, 2.05) is 0 Å². The van der Waals surface area contributed by atoms with E-state index < -0.39 is 46.1 Å². The molecule has 1 fully saturated rings. The number of amides is 2. The summed E-state index contributed by atoms with van der Waals surface area (Å²) in [6.07, 6.45) is -1.83. The number of hydrogen-bond donors (Lipinski definition) is 1. The first kappa shape index (κ1) is 25.0. The van der Waals surface area contributed by atoms with Crippen molar-refractivity contribution in [2.75, 3.05) is 34.7 Å². The van der Waals surface area contributed by atoms with Gasteiger partial charge in [-0.05, 0) is 29.7 Å². The van der Waals surface area contributed by atoms with Gasteiger partial charge in [0.1, 0.15) is 17.8 Å². The van der Waals surface area contributed by atoms with E-state index in [-0.39, 0.29) is 24.1 Å². The van der Waals surface area contributed by atoms with Crippen LogP contribution in [0.2, 0.25) is 0 Å². The van der Waals surface area contributed by atoms with Gasteiger partial charge in [-0.25, -0.2) is 18.0 Å². The molecule has 2 aromatic rings. The molecule has 1 N–H and O–H groups in total. The molecule has 3 rings (SSSR count). The first-order valence-electron chi connectivity index (χ1n) is 10.3. The molecule has 0 aliphatic carbocycles. The van der Waals surface area contributed by atoms with Crippen LogP contribution in [-0.2, 0) is 16.6 Å². The highest BCUT2D eigenvalue weighted by Gasteiger charge is 2.47. The fourth-order valence-corrected chi connectivity index (χ4v) is 4.72. The molecule has 2 aromatic carbocycles. The summed E-state index contributed by atoms with van der Waals surface area (Å²) >= 11 is 0. The molecule has 0 unspecified atom stereocenters. The van der Waals surface area contributed by atoms with Crippen LogP contribution in [0.5, 0.6) is 0 Å². The predicted molar refractivity (Wildman–Crippen MR) is 120 cm³/mol. The summed E-state index contributed by atoms with van der Waals surface area (Å²) in [7, 11) is 1.56. The highest BCUT2D eigenvalue weighted by molar-refractivity contribution is 7.87. The van der Waals surface area contributed by atoms with Gasteiger partial charge in [0, 0.05) is 33.8 Å². The minimum Gasteiger partial charge on any atom is -0.331 e. The third-order valence-electron chi connectivity index (χ3n) is 5.61. The summed E-state index contributed by atoms with van der Waals surface area (Å²) in [5, 5.41) is 0. The van der Waals surface area contributed by atoms with Crippen molar-refractivity contribution in [3.8, 4) is 11.1 Å².